The van der Waals surface area contributed by atoms with Crippen LogP contribution < -0.4 is 23.8 Å². The van der Waals surface area contributed by atoms with E-state index in [0.29, 0.717) is 53.9 Å². The lowest BCUT2D eigenvalue weighted by Crippen LogP contribution is -2.15. The van der Waals surface area contributed by atoms with Crippen LogP contribution in [0.1, 0.15) is 22.8 Å². The predicted octanol–water partition coefficient (Wildman–Crippen LogP) is 4.39. The minimum absolute atomic E-state index is 0.0637. The van der Waals surface area contributed by atoms with Gasteiger partial charge in [-0.25, -0.2) is 0 Å². The number of nitrogens with zero attached hydrogens (tertiary/aromatic N) is 1. The number of ether oxygens (including phenoxy) is 4. The van der Waals surface area contributed by atoms with Crippen LogP contribution >= 0.6 is 11.6 Å². The van der Waals surface area contributed by atoms with Crippen molar-refractivity contribution < 1.29 is 23.7 Å². The molecule has 0 radical (unpaired) electrons. The van der Waals surface area contributed by atoms with Gasteiger partial charge in [-0.15, -0.1) is 0 Å². The summed E-state index contributed by atoms with van der Waals surface area (Å²) < 4.78 is 22.2. The highest BCUT2D eigenvalue weighted by Gasteiger charge is 2.18. The lowest BCUT2D eigenvalue weighted by molar-refractivity contribution is 0.104. The highest BCUT2D eigenvalue weighted by Crippen LogP contribution is 2.38. The van der Waals surface area contributed by atoms with Gasteiger partial charge >= 0.3 is 0 Å². The van der Waals surface area contributed by atoms with Gasteiger partial charge in [0.1, 0.15) is 24.7 Å². The van der Waals surface area contributed by atoms with E-state index in [9.17, 15) is 4.79 Å². The number of halogens is 1. The Hall–Kier alpha value is -2.86. The molecular weight excluding hydrogens is 394 g/mol. The first-order chi connectivity index (χ1) is 13.9. The molecule has 0 N–H and O–H groups in total. The van der Waals surface area contributed by atoms with E-state index in [-0.39, 0.29) is 10.8 Å². The Labute approximate surface area is 175 Å². The zero-order chi connectivity index (χ0) is 21.0. The van der Waals surface area contributed by atoms with Gasteiger partial charge in [0, 0.05) is 31.3 Å². The monoisotopic (exact) mass is 417 g/mol. The van der Waals surface area contributed by atoms with E-state index in [2.05, 4.69) is 0 Å². The molecule has 6 nitrogen and oxygen atoms in total. The van der Waals surface area contributed by atoms with Gasteiger partial charge in [-0.05, 0) is 37.3 Å². The van der Waals surface area contributed by atoms with Crippen LogP contribution in [0.25, 0.3) is 6.08 Å². The molecule has 0 fully saturated rings. The maximum Gasteiger partial charge on any atom is 0.204 e. The van der Waals surface area contributed by atoms with Crippen molar-refractivity contribution in [2.75, 3.05) is 45.9 Å². The molecule has 2 aromatic carbocycles. The van der Waals surface area contributed by atoms with Crippen molar-refractivity contribution in [3.05, 3.63) is 46.5 Å². The smallest absolute Gasteiger partial charge is 0.204 e. The standard InChI is InChI=1S/C22H24ClNO5/c1-5-27-18-7-6-14(11-17(18)24(2)3)22(25)16(23)10-15-12-20-21(13-19(15)26-4)29-9-8-28-20/h6-7,10-13H,5,8-9H2,1-4H3. The van der Waals surface area contributed by atoms with Crippen molar-refractivity contribution in [2.24, 2.45) is 0 Å². The fraction of sp³-hybridized carbons (Fsp3) is 0.318. The summed E-state index contributed by atoms with van der Waals surface area (Å²) >= 11 is 6.38. The minimum atomic E-state index is -0.297. The van der Waals surface area contributed by atoms with Crippen LogP contribution in [0, 0.1) is 0 Å². The van der Waals surface area contributed by atoms with E-state index in [1.54, 1.807) is 43.5 Å². The number of allylic oxidation sites excluding steroid dienone is 1. The van der Waals surface area contributed by atoms with Crippen molar-refractivity contribution in [3.8, 4) is 23.0 Å². The van der Waals surface area contributed by atoms with Crippen molar-refractivity contribution in [2.45, 2.75) is 6.92 Å². The number of anilines is 1. The second-order valence-corrected chi connectivity index (χ2v) is 6.98. The number of ketones is 1. The summed E-state index contributed by atoms with van der Waals surface area (Å²) in [6.45, 7) is 3.41. The molecular formula is C22H24ClNO5. The average molecular weight is 418 g/mol. The fourth-order valence-corrected chi connectivity index (χ4v) is 3.23. The summed E-state index contributed by atoms with van der Waals surface area (Å²) in [6, 6.07) is 8.74. The molecule has 2 aromatic rings. The maximum atomic E-state index is 12.9. The Kier molecular flexibility index (Phi) is 6.54. The van der Waals surface area contributed by atoms with E-state index >= 15 is 0 Å². The summed E-state index contributed by atoms with van der Waals surface area (Å²) in [7, 11) is 5.33. The van der Waals surface area contributed by atoms with Crippen LogP contribution in [0.4, 0.5) is 5.69 Å². The molecule has 0 bridgehead atoms. The summed E-state index contributed by atoms with van der Waals surface area (Å²) in [5, 5.41) is 0.0637. The predicted molar refractivity (Wildman–Crippen MR) is 114 cm³/mol. The molecule has 0 saturated carbocycles. The van der Waals surface area contributed by atoms with E-state index < -0.39 is 0 Å². The van der Waals surface area contributed by atoms with Crippen LogP contribution in [0.3, 0.4) is 0 Å². The molecule has 0 amide bonds. The number of carbonyl (C=O) groups excluding carboxylic acids is 1. The van der Waals surface area contributed by atoms with E-state index in [1.807, 2.05) is 25.9 Å². The van der Waals surface area contributed by atoms with Crippen molar-refractivity contribution in [1.29, 1.82) is 0 Å². The number of Topliss-reactive ketones (excluding diaryl/α,β-unsaturated/α-hetero) is 1. The quantitative estimate of drug-likeness (QED) is 0.491. The molecule has 1 aliphatic heterocycles. The first kappa shape index (κ1) is 20.9. The third-order valence-electron chi connectivity index (χ3n) is 4.40. The fourth-order valence-electron chi connectivity index (χ4n) is 3.00. The Morgan fingerprint density at radius 2 is 1.83 bits per heavy atom. The summed E-state index contributed by atoms with van der Waals surface area (Å²) in [5.41, 5.74) is 1.91. The minimum Gasteiger partial charge on any atom is -0.496 e. The van der Waals surface area contributed by atoms with Gasteiger partial charge in [0.15, 0.2) is 11.5 Å². The lowest BCUT2D eigenvalue weighted by atomic mass is 10.1. The Balaban J connectivity index is 1.94. The zero-order valence-electron chi connectivity index (χ0n) is 17.0. The number of fused-ring (bicyclic) bond motifs is 1. The van der Waals surface area contributed by atoms with Gasteiger partial charge < -0.3 is 23.8 Å². The molecule has 7 heteroatoms. The number of hydrogen-bond donors (Lipinski definition) is 0. The van der Waals surface area contributed by atoms with Gasteiger partial charge in [-0.2, -0.15) is 0 Å². The first-order valence-electron chi connectivity index (χ1n) is 9.28. The normalized spacial score (nSPS) is 13.1. The maximum absolute atomic E-state index is 12.9. The van der Waals surface area contributed by atoms with Crippen molar-refractivity contribution in [1.82, 2.24) is 0 Å². The van der Waals surface area contributed by atoms with E-state index in [4.69, 9.17) is 30.5 Å². The first-order valence-corrected chi connectivity index (χ1v) is 9.66. The summed E-state index contributed by atoms with van der Waals surface area (Å²) in [4.78, 5) is 14.8. The van der Waals surface area contributed by atoms with E-state index in [1.165, 1.54) is 0 Å². The Morgan fingerprint density at radius 3 is 2.45 bits per heavy atom. The Bertz CT molecular complexity index is 939. The highest BCUT2D eigenvalue weighted by molar-refractivity contribution is 6.47. The van der Waals surface area contributed by atoms with Gasteiger partial charge in [0.2, 0.25) is 5.78 Å². The molecule has 0 aliphatic carbocycles. The number of benzene rings is 2. The zero-order valence-corrected chi connectivity index (χ0v) is 17.7. The third kappa shape index (κ3) is 4.59. The number of carbonyl (C=O) groups is 1. The summed E-state index contributed by atoms with van der Waals surface area (Å²) in [6.07, 6.45) is 1.58. The van der Waals surface area contributed by atoms with Gasteiger partial charge in [0.05, 0.1) is 24.4 Å². The molecule has 1 aliphatic rings. The summed E-state index contributed by atoms with van der Waals surface area (Å²) in [5.74, 6) is 2.16. The van der Waals surface area contributed by atoms with Crippen LogP contribution in [0.15, 0.2) is 35.4 Å². The number of methoxy groups -OCH3 is 1. The van der Waals surface area contributed by atoms with Gasteiger partial charge in [0.25, 0.3) is 0 Å². The van der Waals surface area contributed by atoms with Gasteiger partial charge in [-0.3, -0.25) is 4.79 Å². The average Bonchev–Trinajstić information content (AvgIpc) is 2.73. The third-order valence-corrected chi connectivity index (χ3v) is 4.68. The molecule has 0 atom stereocenters. The molecule has 0 saturated heterocycles. The number of hydrogen-bond acceptors (Lipinski definition) is 6. The second-order valence-electron chi connectivity index (χ2n) is 6.57. The Morgan fingerprint density at radius 1 is 1.14 bits per heavy atom. The van der Waals surface area contributed by atoms with Gasteiger partial charge in [-0.1, -0.05) is 11.6 Å². The molecule has 3 rings (SSSR count). The highest BCUT2D eigenvalue weighted by atomic mass is 35.5. The topological polar surface area (TPSA) is 57.2 Å². The van der Waals surface area contributed by atoms with E-state index in [0.717, 1.165) is 5.69 Å². The molecule has 29 heavy (non-hydrogen) atoms. The van der Waals surface area contributed by atoms with Crippen LogP contribution in [-0.2, 0) is 0 Å². The van der Waals surface area contributed by atoms with Crippen molar-refractivity contribution >= 4 is 29.1 Å². The van der Waals surface area contributed by atoms with Crippen LogP contribution in [0.2, 0.25) is 0 Å². The largest absolute Gasteiger partial charge is 0.496 e. The molecule has 0 unspecified atom stereocenters. The van der Waals surface area contributed by atoms with Crippen LogP contribution in [-0.4, -0.2) is 46.8 Å². The molecule has 1 heterocycles. The van der Waals surface area contributed by atoms with Crippen LogP contribution in [0.5, 0.6) is 23.0 Å². The number of rotatable bonds is 7. The van der Waals surface area contributed by atoms with Crippen molar-refractivity contribution in [3.63, 3.8) is 0 Å². The second kappa shape index (κ2) is 9.09. The lowest BCUT2D eigenvalue weighted by Gasteiger charge is -2.20. The SMILES string of the molecule is CCOc1ccc(C(=O)C(Cl)=Cc2cc3c(cc2OC)OCCO3)cc1N(C)C. The molecule has 154 valence electrons. The molecule has 0 spiro atoms. The molecule has 0 aromatic heterocycles.